The van der Waals surface area contributed by atoms with Gasteiger partial charge >= 0.3 is 0 Å². The molecule has 0 aliphatic heterocycles. The minimum atomic E-state index is -0.514. The lowest BCUT2D eigenvalue weighted by Crippen LogP contribution is -2.12. The molecule has 0 spiro atoms. The van der Waals surface area contributed by atoms with Crippen LogP contribution >= 0.6 is 0 Å². The third-order valence-corrected chi connectivity index (χ3v) is 4.81. The van der Waals surface area contributed by atoms with Crippen LogP contribution in [0.1, 0.15) is 53.0 Å². The second kappa shape index (κ2) is 15.5. The molecule has 3 nitrogen and oxygen atoms in total. The molecule has 2 aromatic heterocycles. The number of unbranched alkanes of at least 4 members (excludes halogenated alkanes) is 1. The summed E-state index contributed by atoms with van der Waals surface area (Å²) in [7, 11) is 2.04. The van der Waals surface area contributed by atoms with Crippen LogP contribution in [-0.2, 0) is 0 Å². The lowest BCUT2D eigenvalue weighted by Gasteiger charge is -2.15. The molecule has 0 aliphatic rings. The highest BCUT2D eigenvalue weighted by atomic mass is 19.1. The van der Waals surface area contributed by atoms with E-state index >= 15 is 0 Å². The van der Waals surface area contributed by atoms with Crippen molar-refractivity contribution in [3.8, 4) is 22.4 Å². The Bertz CT molecular complexity index is 1060. The molecule has 0 N–H and O–H groups in total. The van der Waals surface area contributed by atoms with Gasteiger partial charge in [-0.15, -0.1) is 0 Å². The SMILES string of the molecule is C=C/C(=C\N(C)CCCC)c1cncc(-c2ccnc(-c3cc(F)ccc3F)c2)c1.CC.CC. The van der Waals surface area contributed by atoms with Crippen molar-refractivity contribution in [1.82, 2.24) is 14.9 Å². The van der Waals surface area contributed by atoms with Gasteiger partial charge in [0.05, 0.1) is 5.69 Å². The molecule has 2 heterocycles. The fraction of sp³-hybridized carbons (Fsp3) is 0.310. The van der Waals surface area contributed by atoms with E-state index in [0.717, 1.165) is 59.8 Å². The third-order valence-electron chi connectivity index (χ3n) is 4.81. The number of nitrogens with zero attached hydrogens (tertiary/aromatic N) is 3. The van der Waals surface area contributed by atoms with Crippen LogP contribution in [-0.4, -0.2) is 28.5 Å². The van der Waals surface area contributed by atoms with E-state index in [9.17, 15) is 8.78 Å². The summed E-state index contributed by atoms with van der Waals surface area (Å²) < 4.78 is 27.8. The quantitative estimate of drug-likeness (QED) is 0.313. The number of benzene rings is 1. The van der Waals surface area contributed by atoms with E-state index in [0.29, 0.717) is 5.69 Å². The predicted molar refractivity (Wildman–Crippen MR) is 141 cm³/mol. The molecular formula is C29H37F2N3. The number of allylic oxidation sites excluding steroid dienone is 2. The van der Waals surface area contributed by atoms with Gasteiger partial charge in [0, 0.05) is 55.1 Å². The number of aromatic nitrogens is 2. The second-order valence-electron chi connectivity index (χ2n) is 7.14. The zero-order valence-electron chi connectivity index (χ0n) is 21.3. The van der Waals surface area contributed by atoms with Gasteiger partial charge in [0.25, 0.3) is 0 Å². The normalized spacial score (nSPS) is 10.4. The summed E-state index contributed by atoms with van der Waals surface area (Å²) in [5.74, 6) is -1.02. The van der Waals surface area contributed by atoms with Crippen molar-refractivity contribution in [2.75, 3.05) is 13.6 Å². The third kappa shape index (κ3) is 8.22. The van der Waals surface area contributed by atoms with Crippen molar-refractivity contribution in [3.63, 3.8) is 0 Å². The first-order valence-electron chi connectivity index (χ1n) is 11.9. The van der Waals surface area contributed by atoms with Crippen molar-refractivity contribution < 1.29 is 8.78 Å². The minimum Gasteiger partial charge on any atom is -0.380 e. The maximum absolute atomic E-state index is 14.2. The van der Waals surface area contributed by atoms with Crippen molar-refractivity contribution in [3.05, 3.63) is 91.0 Å². The molecule has 0 unspecified atom stereocenters. The second-order valence-corrected chi connectivity index (χ2v) is 7.14. The molecule has 0 aliphatic carbocycles. The van der Waals surface area contributed by atoms with Gasteiger partial charge in [-0.1, -0.05) is 53.7 Å². The summed E-state index contributed by atoms with van der Waals surface area (Å²) >= 11 is 0. The average molecular weight is 466 g/mol. The average Bonchev–Trinajstić information content (AvgIpc) is 2.90. The van der Waals surface area contributed by atoms with Crippen molar-refractivity contribution >= 4 is 5.57 Å². The molecule has 0 amide bonds. The highest BCUT2D eigenvalue weighted by molar-refractivity contribution is 5.77. The highest BCUT2D eigenvalue weighted by Gasteiger charge is 2.10. The Morgan fingerprint density at radius 2 is 1.74 bits per heavy atom. The zero-order chi connectivity index (χ0) is 25.5. The Morgan fingerprint density at radius 1 is 1.00 bits per heavy atom. The van der Waals surface area contributed by atoms with Gasteiger partial charge in [-0.05, 0) is 54.0 Å². The molecule has 3 rings (SSSR count). The number of hydrogen-bond donors (Lipinski definition) is 0. The molecule has 0 radical (unpaired) electrons. The molecule has 5 heteroatoms. The van der Waals surface area contributed by atoms with Crippen molar-refractivity contribution in [2.24, 2.45) is 0 Å². The predicted octanol–water partition coefficient (Wildman–Crippen LogP) is 8.40. The summed E-state index contributed by atoms with van der Waals surface area (Å²) in [5, 5.41) is 0. The minimum absolute atomic E-state index is 0.130. The van der Waals surface area contributed by atoms with Crippen LogP contribution < -0.4 is 0 Å². The lowest BCUT2D eigenvalue weighted by atomic mass is 10.0. The number of halogens is 2. The standard InChI is InChI=1S/C25H25F2N3.2C2H6/c1-4-6-11-30(3)17-18(5-2)20-12-21(16-28-15-20)19-9-10-29-25(13-19)23-14-22(26)7-8-24(23)27;2*1-2/h5,7-10,12-17H,2,4,6,11H2,1,3H3;2*1-2H3/b18-17+;;. The number of pyridine rings is 2. The Labute approximate surface area is 203 Å². The van der Waals surface area contributed by atoms with Crippen LogP contribution in [0, 0.1) is 11.6 Å². The monoisotopic (exact) mass is 465 g/mol. The molecule has 34 heavy (non-hydrogen) atoms. The van der Waals surface area contributed by atoms with Gasteiger partial charge in [-0.2, -0.15) is 0 Å². The summed E-state index contributed by atoms with van der Waals surface area (Å²) in [5.41, 5.74) is 4.08. The van der Waals surface area contributed by atoms with Gasteiger partial charge < -0.3 is 4.90 Å². The van der Waals surface area contributed by atoms with Crippen molar-refractivity contribution in [2.45, 2.75) is 47.5 Å². The van der Waals surface area contributed by atoms with E-state index in [1.807, 2.05) is 53.0 Å². The molecule has 0 saturated heterocycles. The number of rotatable bonds is 8. The van der Waals surface area contributed by atoms with E-state index in [2.05, 4.69) is 34.6 Å². The molecular weight excluding hydrogens is 428 g/mol. The fourth-order valence-electron chi connectivity index (χ4n) is 3.16. The van der Waals surface area contributed by atoms with Crippen LogP contribution in [0.4, 0.5) is 8.78 Å². The first kappa shape index (κ1) is 28.7. The summed E-state index contributed by atoms with van der Waals surface area (Å²) in [6.45, 7) is 15.1. The van der Waals surface area contributed by atoms with Gasteiger partial charge in [0.15, 0.2) is 0 Å². The Balaban J connectivity index is 0.00000137. The first-order valence-corrected chi connectivity index (χ1v) is 11.9. The topological polar surface area (TPSA) is 29.0 Å². The van der Waals surface area contributed by atoms with Gasteiger partial charge in [-0.25, -0.2) is 8.78 Å². The van der Waals surface area contributed by atoms with E-state index in [-0.39, 0.29) is 5.56 Å². The van der Waals surface area contributed by atoms with Crippen LogP contribution in [0.3, 0.4) is 0 Å². The Kier molecular flexibility index (Phi) is 13.1. The smallest absolute Gasteiger partial charge is 0.132 e. The molecule has 0 bridgehead atoms. The van der Waals surface area contributed by atoms with Crippen LogP contribution in [0.15, 0.2) is 73.8 Å². The van der Waals surface area contributed by atoms with E-state index in [1.54, 1.807) is 24.7 Å². The van der Waals surface area contributed by atoms with Gasteiger partial charge in [0.2, 0.25) is 0 Å². The van der Waals surface area contributed by atoms with E-state index in [4.69, 9.17) is 0 Å². The molecule has 0 saturated carbocycles. The zero-order valence-corrected chi connectivity index (χ0v) is 21.3. The molecule has 0 fully saturated rings. The van der Waals surface area contributed by atoms with E-state index in [1.165, 1.54) is 0 Å². The molecule has 3 aromatic rings. The highest BCUT2D eigenvalue weighted by Crippen LogP contribution is 2.28. The van der Waals surface area contributed by atoms with Crippen LogP contribution in [0.5, 0.6) is 0 Å². The maximum atomic E-state index is 14.2. The maximum Gasteiger partial charge on any atom is 0.132 e. The van der Waals surface area contributed by atoms with E-state index < -0.39 is 11.6 Å². The molecule has 182 valence electrons. The van der Waals surface area contributed by atoms with Crippen molar-refractivity contribution in [1.29, 1.82) is 0 Å². The van der Waals surface area contributed by atoms with Crippen LogP contribution in [0.25, 0.3) is 28.0 Å². The summed E-state index contributed by atoms with van der Waals surface area (Å²) in [6.07, 6.45) is 11.2. The fourth-order valence-corrected chi connectivity index (χ4v) is 3.16. The first-order chi connectivity index (χ1) is 16.5. The molecule has 1 aromatic carbocycles. The van der Waals surface area contributed by atoms with Crippen LogP contribution in [0.2, 0.25) is 0 Å². The van der Waals surface area contributed by atoms with Gasteiger partial charge in [-0.3, -0.25) is 9.97 Å². The molecule has 0 atom stereocenters. The Hall–Kier alpha value is -3.34. The largest absolute Gasteiger partial charge is 0.380 e. The summed E-state index contributed by atoms with van der Waals surface area (Å²) in [4.78, 5) is 10.7. The Morgan fingerprint density at radius 3 is 2.41 bits per heavy atom. The summed E-state index contributed by atoms with van der Waals surface area (Å²) in [6, 6.07) is 8.93. The lowest BCUT2D eigenvalue weighted by molar-refractivity contribution is 0.443. The van der Waals surface area contributed by atoms with Gasteiger partial charge in [0.1, 0.15) is 11.6 Å². The number of hydrogen-bond acceptors (Lipinski definition) is 3.